The van der Waals surface area contributed by atoms with Crippen LogP contribution < -0.4 is 5.32 Å². The summed E-state index contributed by atoms with van der Waals surface area (Å²) in [5, 5.41) is 3.39. The zero-order chi connectivity index (χ0) is 15.2. The average Bonchev–Trinajstić information content (AvgIpc) is 2.71. The van der Waals surface area contributed by atoms with Crippen LogP contribution in [0.15, 0.2) is 24.3 Å². The highest BCUT2D eigenvalue weighted by Gasteiger charge is 2.34. The highest BCUT2D eigenvalue weighted by Crippen LogP contribution is 2.22. The van der Waals surface area contributed by atoms with Crippen molar-refractivity contribution < 1.29 is 9.59 Å². The smallest absolute Gasteiger partial charge is 0.261 e. The first-order valence-electron chi connectivity index (χ1n) is 7.77. The second kappa shape index (κ2) is 7.36. The Morgan fingerprint density at radius 1 is 1.00 bits per heavy atom. The largest absolute Gasteiger partial charge is 0.317 e. The van der Waals surface area contributed by atoms with Gasteiger partial charge in [0.2, 0.25) is 0 Å². The van der Waals surface area contributed by atoms with E-state index in [9.17, 15) is 9.59 Å². The summed E-state index contributed by atoms with van der Waals surface area (Å²) in [6.45, 7) is 6.91. The Morgan fingerprint density at radius 2 is 1.62 bits per heavy atom. The molecule has 1 heterocycles. The van der Waals surface area contributed by atoms with Crippen LogP contribution in [-0.2, 0) is 0 Å². The molecule has 0 fully saturated rings. The molecule has 1 aliphatic rings. The summed E-state index contributed by atoms with van der Waals surface area (Å²) >= 11 is 0. The molecule has 21 heavy (non-hydrogen) atoms. The van der Waals surface area contributed by atoms with Gasteiger partial charge in [0.1, 0.15) is 0 Å². The Morgan fingerprint density at radius 3 is 2.19 bits per heavy atom. The van der Waals surface area contributed by atoms with Crippen molar-refractivity contribution in [3.8, 4) is 0 Å². The number of carbonyl (C=O) groups is 2. The fraction of sp³-hybridized carbons (Fsp3) is 0.529. The molecule has 0 unspecified atom stereocenters. The number of unbranched alkanes of at least 4 members (excludes halogenated alkanes) is 1. The third-order valence-corrected chi connectivity index (χ3v) is 3.76. The molecule has 1 aliphatic heterocycles. The summed E-state index contributed by atoms with van der Waals surface area (Å²) in [7, 11) is 0. The van der Waals surface area contributed by atoms with E-state index in [1.807, 2.05) is 0 Å². The molecule has 0 bridgehead atoms. The maximum atomic E-state index is 12.1. The minimum absolute atomic E-state index is 0.150. The molecule has 1 N–H and O–H groups in total. The first-order valence-corrected chi connectivity index (χ1v) is 7.77. The standard InChI is InChI=1S/C17H24N2O2/c1-13(2)9-11-18-10-5-6-12-19-16(20)14-7-3-4-8-15(14)17(19)21/h3-4,7-8,13,18H,5-6,9-12H2,1-2H3. The monoisotopic (exact) mass is 288 g/mol. The number of fused-ring (bicyclic) bond motifs is 1. The summed E-state index contributed by atoms with van der Waals surface area (Å²) in [6.07, 6.45) is 3.00. The minimum Gasteiger partial charge on any atom is -0.317 e. The van der Waals surface area contributed by atoms with Gasteiger partial charge in [0.05, 0.1) is 11.1 Å². The third-order valence-electron chi connectivity index (χ3n) is 3.76. The van der Waals surface area contributed by atoms with Crippen LogP contribution in [0, 0.1) is 5.92 Å². The van der Waals surface area contributed by atoms with E-state index in [-0.39, 0.29) is 11.8 Å². The highest BCUT2D eigenvalue weighted by molar-refractivity contribution is 6.21. The molecule has 0 aliphatic carbocycles. The molecule has 1 aromatic carbocycles. The summed E-state index contributed by atoms with van der Waals surface area (Å²) in [5.41, 5.74) is 1.08. The van der Waals surface area contributed by atoms with Crippen molar-refractivity contribution in [1.82, 2.24) is 10.2 Å². The van der Waals surface area contributed by atoms with E-state index < -0.39 is 0 Å². The molecule has 0 saturated carbocycles. The van der Waals surface area contributed by atoms with E-state index in [1.165, 1.54) is 11.3 Å². The Bertz CT molecular complexity index is 476. The van der Waals surface area contributed by atoms with E-state index in [0.29, 0.717) is 17.7 Å². The number of benzene rings is 1. The first kappa shape index (κ1) is 15.7. The van der Waals surface area contributed by atoms with Crippen molar-refractivity contribution in [2.75, 3.05) is 19.6 Å². The van der Waals surface area contributed by atoms with Gasteiger partial charge in [0.15, 0.2) is 0 Å². The van der Waals surface area contributed by atoms with Gasteiger partial charge in [-0.1, -0.05) is 26.0 Å². The van der Waals surface area contributed by atoms with Crippen molar-refractivity contribution >= 4 is 11.8 Å². The van der Waals surface area contributed by atoms with E-state index in [4.69, 9.17) is 0 Å². The Labute approximate surface area is 126 Å². The van der Waals surface area contributed by atoms with Gasteiger partial charge < -0.3 is 5.32 Å². The zero-order valence-electron chi connectivity index (χ0n) is 12.9. The van der Waals surface area contributed by atoms with Gasteiger partial charge in [-0.2, -0.15) is 0 Å². The normalized spacial score (nSPS) is 14.1. The van der Waals surface area contributed by atoms with Crippen LogP contribution in [0.1, 0.15) is 53.8 Å². The SMILES string of the molecule is CC(C)CCNCCCCN1C(=O)c2ccccc2C1=O. The van der Waals surface area contributed by atoms with Gasteiger partial charge in [-0.3, -0.25) is 14.5 Å². The second-order valence-electron chi connectivity index (χ2n) is 5.95. The third kappa shape index (κ3) is 3.91. The molecule has 1 aromatic rings. The average molecular weight is 288 g/mol. The molecule has 2 rings (SSSR count). The van der Waals surface area contributed by atoms with E-state index >= 15 is 0 Å². The quantitative estimate of drug-likeness (QED) is 0.591. The predicted molar refractivity (Wildman–Crippen MR) is 83.4 cm³/mol. The van der Waals surface area contributed by atoms with E-state index in [1.54, 1.807) is 24.3 Å². The maximum absolute atomic E-state index is 12.1. The van der Waals surface area contributed by atoms with Gasteiger partial charge in [0.25, 0.3) is 11.8 Å². The molecule has 2 amide bonds. The van der Waals surface area contributed by atoms with E-state index in [0.717, 1.165) is 31.8 Å². The number of hydrogen-bond acceptors (Lipinski definition) is 3. The molecule has 0 radical (unpaired) electrons. The van der Waals surface area contributed by atoms with Crippen LogP contribution in [0.3, 0.4) is 0 Å². The van der Waals surface area contributed by atoms with Crippen molar-refractivity contribution in [2.24, 2.45) is 5.92 Å². The van der Waals surface area contributed by atoms with Gasteiger partial charge in [-0.05, 0) is 50.4 Å². The van der Waals surface area contributed by atoms with Crippen LogP contribution in [0.25, 0.3) is 0 Å². The maximum Gasteiger partial charge on any atom is 0.261 e. The summed E-state index contributed by atoms with van der Waals surface area (Å²) in [5.74, 6) is 0.419. The van der Waals surface area contributed by atoms with Crippen LogP contribution >= 0.6 is 0 Å². The number of carbonyl (C=O) groups excluding carboxylic acids is 2. The van der Waals surface area contributed by atoms with Crippen molar-refractivity contribution in [3.63, 3.8) is 0 Å². The second-order valence-corrected chi connectivity index (χ2v) is 5.95. The summed E-state index contributed by atoms with van der Waals surface area (Å²) in [6, 6.07) is 7.05. The molecule has 4 nitrogen and oxygen atoms in total. The molecular weight excluding hydrogens is 264 g/mol. The van der Waals surface area contributed by atoms with Crippen LogP contribution in [0.5, 0.6) is 0 Å². The van der Waals surface area contributed by atoms with Crippen LogP contribution in [0.2, 0.25) is 0 Å². The lowest BCUT2D eigenvalue weighted by molar-refractivity contribution is 0.0651. The van der Waals surface area contributed by atoms with Gasteiger partial charge in [-0.25, -0.2) is 0 Å². The van der Waals surface area contributed by atoms with E-state index in [2.05, 4.69) is 19.2 Å². The Hall–Kier alpha value is -1.68. The fourth-order valence-electron chi connectivity index (χ4n) is 2.48. The van der Waals surface area contributed by atoms with Crippen molar-refractivity contribution in [2.45, 2.75) is 33.1 Å². The fourth-order valence-corrected chi connectivity index (χ4v) is 2.48. The van der Waals surface area contributed by atoms with Crippen LogP contribution in [0.4, 0.5) is 0 Å². The molecule has 0 aromatic heterocycles. The summed E-state index contributed by atoms with van der Waals surface area (Å²) < 4.78 is 0. The lowest BCUT2D eigenvalue weighted by atomic mass is 10.1. The molecule has 0 atom stereocenters. The lowest BCUT2D eigenvalue weighted by Gasteiger charge is -2.13. The molecular formula is C17H24N2O2. The minimum atomic E-state index is -0.150. The lowest BCUT2D eigenvalue weighted by Crippen LogP contribution is -2.31. The molecule has 0 saturated heterocycles. The number of amides is 2. The molecule has 4 heteroatoms. The van der Waals surface area contributed by atoms with Gasteiger partial charge in [0, 0.05) is 6.54 Å². The number of nitrogens with zero attached hydrogens (tertiary/aromatic N) is 1. The number of hydrogen-bond donors (Lipinski definition) is 1. The zero-order valence-corrected chi connectivity index (χ0v) is 12.9. The summed E-state index contributed by atoms with van der Waals surface area (Å²) in [4.78, 5) is 25.6. The topological polar surface area (TPSA) is 49.4 Å². The number of imide groups is 1. The number of nitrogens with one attached hydrogen (secondary N) is 1. The van der Waals surface area contributed by atoms with Gasteiger partial charge >= 0.3 is 0 Å². The molecule has 114 valence electrons. The van der Waals surface area contributed by atoms with Gasteiger partial charge in [-0.15, -0.1) is 0 Å². The van der Waals surface area contributed by atoms with Crippen LogP contribution in [-0.4, -0.2) is 36.3 Å². The Kier molecular flexibility index (Phi) is 5.51. The Balaban J connectivity index is 1.71. The van der Waals surface area contributed by atoms with Crippen molar-refractivity contribution in [1.29, 1.82) is 0 Å². The highest BCUT2D eigenvalue weighted by atomic mass is 16.2. The first-order chi connectivity index (χ1) is 10.1. The predicted octanol–water partition coefficient (Wildman–Crippen LogP) is 2.70. The molecule has 0 spiro atoms. The van der Waals surface area contributed by atoms with Crippen molar-refractivity contribution in [3.05, 3.63) is 35.4 Å². The number of rotatable bonds is 8.